The summed E-state index contributed by atoms with van der Waals surface area (Å²) in [5, 5.41) is 9.97. The third kappa shape index (κ3) is 6.73. The Bertz CT molecular complexity index is 3990. The van der Waals surface area contributed by atoms with E-state index in [4.69, 9.17) is 0 Å². The fourth-order valence-electron chi connectivity index (χ4n) is 10.6. The number of rotatable bonds is 8. The minimum atomic E-state index is 1.09. The molecule has 0 unspecified atom stereocenters. The van der Waals surface area contributed by atoms with Crippen molar-refractivity contribution < 1.29 is 0 Å². The van der Waals surface area contributed by atoms with Crippen LogP contribution in [0.5, 0.6) is 0 Å². The zero-order valence-electron chi connectivity index (χ0n) is 37.3. The lowest BCUT2D eigenvalue weighted by atomic mass is 9.94. The number of fused-ring (bicyclic) bond motifs is 7. The van der Waals surface area contributed by atoms with E-state index in [1.165, 1.54) is 93.1 Å². The number of anilines is 3. The Kier molecular flexibility index (Phi) is 9.54. The largest absolute Gasteiger partial charge is 0.310 e. The molecule has 0 aliphatic heterocycles. The third-order valence-electron chi connectivity index (χ3n) is 13.8. The molecule has 2 heteroatoms. The molecule has 0 fully saturated rings. The van der Waals surface area contributed by atoms with E-state index in [0.29, 0.717) is 0 Å². The molecule has 0 saturated heterocycles. The number of para-hydroxylation sites is 1. The highest BCUT2D eigenvalue weighted by Gasteiger charge is 2.21. The molecule has 0 N–H and O–H groups in total. The van der Waals surface area contributed by atoms with Crippen LogP contribution in [0.4, 0.5) is 17.1 Å². The SMILES string of the molecule is c1ccc(-c2cccc3c2c2c(-c4cccc(N(c5ccc(-c6ccc(-c7cccc8ccccc78)cc6)cc5)c5ccc6c(ccc7ccccc76)c5)c4)cccc2n3-c2ccccc2)cc1. The molecule has 0 saturated carbocycles. The number of benzene rings is 12. The van der Waals surface area contributed by atoms with Gasteiger partial charge in [-0.2, -0.15) is 0 Å². The molecule has 13 aromatic rings. The summed E-state index contributed by atoms with van der Waals surface area (Å²) in [6.07, 6.45) is 0. The van der Waals surface area contributed by atoms with Crippen LogP contribution in [0.2, 0.25) is 0 Å². The van der Waals surface area contributed by atoms with E-state index >= 15 is 0 Å². The highest BCUT2D eigenvalue weighted by Crippen LogP contribution is 2.45. The third-order valence-corrected chi connectivity index (χ3v) is 13.8. The zero-order valence-corrected chi connectivity index (χ0v) is 37.3. The van der Waals surface area contributed by atoms with E-state index in [1.807, 2.05) is 0 Å². The molecule has 0 aliphatic carbocycles. The van der Waals surface area contributed by atoms with Gasteiger partial charge in [-0.05, 0) is 137 Å². The first-order valence-electron chi connectivity index (χ1n) is 23.4. The van der Waals surface area contributed by atoms with E-state index < -0.39 is 0 Å². The van der Waals surface area contributed by atoms with Gasteiger partial charge < -0.3 is 9.47 Å². The number of hydrogen-bond donors (Lipinski definition) is 0. The van der Waals surface area contributed by atoms with Gasteiger partial charge in [0.25, 0.3) is 0 Å². The molecule has 0 spiro atoms. The van der Waals surface area contributed by atoms with Crippen molar-refractivity contribution in [1.82, 2.24) is 4.57 Å². The maximum Gasteiger partial charge on any atom is 0.0547 e. The summed E-state index contributed by atoms with van der Waals surface area (Å²) in [6, 6.07) is 97.5. The molecule has 1 heterocycles. The first kappa shape index (κ1) is 39.4. The van der Waals surface area contributed by atoms with Crippen LogP contribution in [0.3, 0.4) is 0 Å². The average molecular weight is 865 g/mol. The number of nitrogens with zero attached hydrogens (tertiary/aromatic N) is 2. The molecule has 12 aromatic carbocycles. The lowest BCUT2D eigenvalue weighted by Crippen LogP contribution is -2.10. The van der Waals surface area contributed by atoms with E-state index in [0.717, 1.165) is 28.3 Å². The molecule has 0 radical (unpaired) electrons. The summed E-state index contributed by atoms with van der Waals surface area (Å²) in [5.74, 6) is 0. The maximum atomic E-state index is 2.42. The number of hydrogen-bond acceptors (Lipinski definition) is 1. The Morgan fingerprint density at radius 3 is 1.46 bits per heavy atom. The molecule has 0 amide bonds. The molecule has 2 nitrogen and oxygen atoms in total. The molecule has 0 aliphatic rings. The monoisotopic (exact) mass is 864 g/mol. The lowest BCUT2D eigenvalue weighted by Gasteiger charge is -2.27. The van der Waals surface area contributed by atoms with Crippen LogP contribution in [0.1, 0.15) is 0 Å². The summed E-state index contributed by atoms with van der Waals surface area (Å²) in [6.45, 7) is 0. The highest BCUT2D eigenvalue weighted by atomic mass is 15.1. The fourth-order valence-corrected chi connectivity index (χ4v) is 10.6. The van der Waals surface area contributed by atoms with Gasteiger partial charge >= 0.3 is 0 Å². The van der Waals surface area contributed by atoms with Crippen LogP contribution >= 0.6 is 0 Å². The second-order valence-corrected chi connectivity index (χ2v) is 17.7. The quantitative estimate of drug-likeness (QED) is 0.138. The van der Waals surface area contributed by atoms with Crippen molar-refractivity contribution in [2.75, 3.05) is 4.90 Å². The lowest BCUT2D eigenvalue weighted by molar-refractivity contribution is 1.18. The summed E-state index contributed by atoms with van der Waals surface area (Å²) in [7, 11) is 0. The van der Waals surface area contributed by atoms with Crippen molar-refractivity contribution in [1.29, 1.82) is 0 Å². The molecule has 0 bridgehead atoms. The van der Waals surface area contributed by atoms with Crippen LogP contribution in [0.15, 0.2) is 267 Å². The van der Waals surface area contributed by atoms with E-state index in [2.05, 4.69) is 276 Å². The molecular formula is C66H44N2. The van der Waals surface area contributed by atoms with Gasteiger partial charge in [-0.15, -0.1) is 0 Å². The second-order valence-electron chi connectivity index (χ2n) is 17.7. The van der Waals surface area contributed by atoms with E-state index in [9.17, 15) is 0 Å². The molecular weight excluding hydrogens is 821 g/mol. The smallest absolute Gasteiger partial charge is 0.0547 e. The second kappa shape index (κ2) is 16.5. The first-order valence-corrected chi connectivity index (χ1v) is 23.4. The van der Waals surface area contributed by atoms with Gasteiger partial charge in [-0.25, -0.2) is 0 Å². The van der Waals surface area contributed by atoms with Gasteiger partial charge in [0, 0.05) is 33.5 Å². The van der Waals surface area contributed by atoms with E-state index in [1.54, 1.807) is 0 Å². The molecule has 0 atom stereocenters. The summed E-state index contributed by atoms with van der Waals surface area (Å²) in [4.78, 5) is 2.41. The van der Waals surface area contributed by atoms with Crippen molar-refractivity contribution in [3.05, 3.63) is 267 Å². The Labute approximate surface area is 395 Å². The molecule has 318 valence electrons. The van der Waals surface area contributed by atoms with Crippen molar-refractivity contribution in [3.63, 3.8) is 0 Å². The minimum absolute atomic E-state index is 1.09. The van der Waals surface area contributed by atoms with Gasteiger partial charge in [0.2, 0.25) is 0 Å². The Balaban J connectivity index is 0.958. The van der Waals surface area contributed by atoms with Gasteiger partial charge in [0.1, 0.15) is 0 Å². The van der Waals surface area contributed by atoms with Crippen LogP contribution in [-0.2, 0) is 0 Å². The topological polar surface area (TPSA) is 8.17 Å². The highest BCUT2D eigenvalue weighted by molar-refractivity contribution is 6.21. The van der Waals surface area contributed by atoms with Crippen molar-refractivity contribution in [3.8, 4) is 50.2 Å². The molecule has 68 heavy (non-hydrogen) atoms. The molecule has 13 rings (SSSR count). The van der Waals surface area contributed by atoms with Crippen LogP contribution in [0.25, 0.3) is 104 Å². The van der Waals surface area contributed by atoms with Gasteiger partial charge in [-0.3, -0.25) is 0 Å². The van der Waals surface area contributed by atoms with Crippen molar-refractivity contribution in [2.45, 2.75) is 0 Å². The van der Waals surface area contributed by atoms with Crippen LogP contribution in [0, 0.1) is 0 Å². The summed E-state index contributed by atoms with van der Waals surface area (Å²) in [5.41, 5.74) is 16.4. The standard InChI is InChI=1S/C66H44N2/c1-3-15-48(16-4-1)61-27-13-29-63-65(61)66-62(28-14-30-64(66)68(63)53-21-5-2-6-22-53)51-20-11-23-55(43-51)67(56-41-42-60-52(44-56)36-35-49-18-8-10-25-58(49)60)54-39-37-46(38-40-54)45-31-33-50(34-32-45)59-26-12-19-47-17-7-9-24-57(47)59/h1-44H. The summed E-state index contributed by atoms with van der Waals surface area (Å²) < 4.78 is 2.42. The summed E-state index contributed by atoms with van der Waals surface area (Å²) >= 11 is 0. The minimum Gasteiger partial charge on any atom is -0.310 e. The maximum absolute atomic E-state index is 2.42. The number of aromatic nitrogens is 1. The van der Waals surface area contributed by atoms with Gasteiger partial charge in [0.05, 0.1) is 11.0 Å². The Hall–Kier alpha value is -8.98. The predicted molar refractivity (Wildman–Crippen MR) is 290 cm³/mol. The Morgan fingerprint density at radius 1 is 0.250 bits per heavy atom. The van der Waals surface area contributed by atoms with Gasteiger partial charge in [-0.1, -0.05) is 206 Å². The predicted octanol–water partition coefficient (Wildman–Crippen LogP) is 18.4. The normalized spacial score (nSPS) is 11.5. The first-order chi connectivity index (χ1) is 33.7. The molecule has 1 aromatic heterocycles. The average Bonchev–Trinajstić information content (AvgIpc) is 3.76. The van der Waals surface area contributed by atoms with Gasteiger partial charge in [0.15, 0.2) is 0 Å². The van der Waals surface area contributed by atoms with Crippen molar-refractivity contribution >= 4 is 71.2 Å². The fraction of sp³-hybridized carbons (Fsp3) is 0. The Morgan fingerprint density at radius 2 is 0.721 bits per heavy atom. The van der Waals surface area contributed by atoms with E-state index in [-0.39, 0.29) is 0 Å². The van der Waals surface area contributed by atoms with Crippen LogP contribution in [-0.4, -0.2) is 4.57 Å². The van der Waals surface area contributed by atoms with Crippen LogP contribution < -0.4 is 4.90 Å². The zero-order chi connectivity index (χ0) is 45.0. The van der Waals surface area contributed by atoms with Crippen molar-refractivity contribution in [2.24, 2.45) is 0 Å².